The summed E-state index contributed by atoms with van der Waals surface area (Å²) in [6.45, 7) is 6.79. The molecular weight excluding hydrogens is 408 g/mol. The highest BCUT2D eigenvalue weighted by Gasteiger charge is 2.37. The van der Waals surface area contributed by atoms with Gasteiger partial charge in [0.2, 0.25) is 0 Å². The number of carbonyl (C=O) groups excluding carboxylic acids is 1. The molecule has 1 amide bonds. The molecule has 0 aliphatic carbocycles. The topological polar surface area (TPSA) is 48.9 Å². The molecule has 0 N–H and O–H groups in total. The molecule has 1 spiro atoms. The number of hydrogen-bond acceptors (Lipinski definition) is 6. The molecule has 1 aromatic carbocycles. The van der Waals surface area contributed by atoms with Gasteiger partial charge in [0, 0.05) is 30.7 Å². The monoisotopic (exact) mass is 438 g/mol. The van der Waals surface area contributed by atoms with Crippen molar-refractivity contribution in [1.29, 1.82) is 0 Å². The summed E-state index contributed by atoms with van der Waals surface area (Å²) in [5, 5.41) is 0. The van der Waals surface area contributed by atoms with Gasteiger partial charge in [-0.05, 0) is 73.8 Å². The number of hydrogen-bond donors (Lipinski definition) is 0. The first kappa shape index (κ1) is 20.8. The average Bonchev–Trinajstić information content (AvgIpc) is 3.24. The SMILES string of the molecule is O=C1OCCN1c1ccc(SN2CCC3(CCN(Cc4ccccc4)CC3)CC2)cn1. The van der Waals surface area contributed by atoms with Gasteiger partial charge in [0.1, 0.15) is 12.4 Å². The van der Waals surface area contributed by atoms with E-state index >= 15 is 0 Å². The van der Waals surface area contributed by atoms with Gasteiger partial charge in [-0.3, -0.25) is 9.80 Å². The first-order valence-electron chi connectivity index (χ1n) is 11.3. The van der Waals surface area contributed by atoms with Crippen LogP contribution in [0.3, 0.4) is 0 Å². The van der Waals surface area contributed by atoms with Crippen molar-refractivity contribution in [2.24, 2.45) is 5.41 Å². The number of ether oxygens (including phenoxy) is 1. The number of benzene rings is 1. The van der Waals surface area contributed by atoms with E-state index in [0.717, 1.165) is 24.5 Å². The molecule has 0 bridgehead atoms. The van der Waals surface area contributed by atoms with Crippen molar-refractivity contribution in [3.63, 3.8) is 0 Å². The number of carbonyl (C=O) groups is 1. The van der Waals surface area contributed by atoms with Crippen LogP contribution in [0.1, 0.15) is 31.2 Å². The standard InChI is InChI=1S/C24H30N4O2S/c29-23-28(16-17-30-23)22-7-6-21(18-25-22)31-27-14-10-24(11-15-27)8-12-26(13-9-24)19-20-4-2-1-3-5-20/h1-7,18H,8-17,19H2. The molecule has 4 heterocycles. The van der Waals surface area contributed by atoms with Crippen LogP contribution in [0.5, 0.6) is 0 Å². The van der Waals surface area contributed by atoms with Crippen molar-refractivity contribution in [2.75, 3.05) is 44.2 Å². The minimum atomic E-state index is -0.302. The Hall–Kier alpha value is -2.09. The second-order valence-electron chi connectivity index (χ2n) is 8.90. The van der Waals surface area contributed by atoms with E-state index in [-0.39, 0.29) is 6.09 Å². The van der Waals surface area contributed by atoms with Crippen LogP contribution in [0.4, 0.5) is 10.6 Å². The Labute approximate surface area is 188 Å². The highest BCUT2D eigenvalue weighted by Crippen LogP contribution is 2.43. The van der Waals surface area contributed by atoms with Gasteiger partial charge >= 0.3 is 6.09 Å². The van der Waals surface area contributed by atoms with Crippen molar-refractivity contribution in [3.05, 3.63) is 54.2 Å². The third kappa shape index (κ3) is 4.89. The van der Waals surface area contributed by atoms with E-state index in [1.165, 1.54) is 44.3 Å². The van der Waals surface area contributed by atoms with Gasteiger partial charge in [-0.2, -0.15) is 0 Å². The Balaban J connectivity index is 1.09. The van der Waals surface area contributed by atoms with E-state index in [9.17, 15) is 4.79 Å². The second kappa shape index (κ2) is 9.18. The lowest BCUT2D eigenvalue weighted by Crippen LogP contribution is -2.45. The quantitative estimate of drug-likeness (QED) is 0.644. The van der Waals surface area contributed by atoms with Crippen LogP contribution in [0, 0.1) is 5.41 Å². The van der Waals surface area contributed by atoms with Crippen LogP contribution >= 0.6 is 11.9 Å². The summed E-state index contributed by atoms with van der Waals surface area (Å²) in [6.07, 6.45) is 6.78. The molecular formula is C24H30N4O2S. The number of pyridine rings is 1. The molecule has 2 aromatic rings. The molecule has 3 fully saturated rings. The smallest absolute Gasteiger partial charge is 0.415 e. The van der Waals surface area contributed by atoms with Gasteiger partial charge < -0.3 is 4.74 Å². The third-order valence-corrected chi connectivity index (χ3v) is 8.02. The molecule has 3 aliphatic heterocycles. The van der Waals surface area contributed by atoms with E-state index < -0.39 is 0 Å². The third-order valence-electron chi connectivity index (χ3n) is 6.94. The van der Waals surface area contributed by atoms with Crippen LogP contribution in [-0.2, 0) is 11.3 Å². The predicted octanol–water partition coefficient (Wildman–Crippen LogP) is 4.42. The molecule has 31 heavy (non-hydrogen) atoms. The van der Waals surface area contributed by atoms with E-state index in [2.05, 4.69) is 50.6 Å². The van der Waals surface area contributed by atoms with Gasteiger partial charge in [0.15, 0.2) is 0 Å². The molecule has 1 aromatic heterocycles. The minimum Gasteiger partial charge on any atom is -0.447 e. The Morgan fingerprint density at radius 3 is 2.32 bits per heavy atom. The van der Waals surface area contributed by atoms with Gasteiger partial charge in [-0.25, -0.2) is 14.1 Å². The number of piperidine rings is 2. The maximum absolute atomic E-state index is 11.7. The number of likely N-dealkylation sites (tertiary alicyclic amines) is 1. The van der Waals surface area contributed by atoms with Crippen LogP contribution in [0.2, 0.25) is 0 Å². The summed E-state index contributed by atoms with van der Waals surface area (Å²) < 4.78 is 7.47. The van der Waals surface area contributed by atoms with E-state index in [1.54, 1.807) is 16.8 Å². The number of anilines is 1. The van der Waals surface area contributed by atoms with Crippen LogP contribution in [-0.4, -0.2) is 59.6 Å². The van der Waals surface area contributed by atoms with E-state index in [1.807, 2.05) is 12.3 Å². The van der Waals surface area contributed by atoms with Crippen LogP contribution < -0.4 is 4.90 Å². The molecule has 3 aliphatic rings. The van der Waals surface area contributed by atoms with Gasteiger partial charge in [-0.15, -0.1) is 0 Å². The predicted molar refractivity (Wildman–Crippen MR) is 123 cm³/mol. The lowest BCUT2D eigenvalue weighted by Gasteiger charge is -2.46. The van der Waals surface area contributed by atoms with Crippen molar-refractivity contribution in [3.8, 4) is 0 Å². The first-order valence-corrected chi connectivity index (χ1v) is 12.1. The highest BCUT2D eigenvalue weighted by atomic mass is 32.2. The zero-order chi connectivity index (χ0) is 21.1. The lowest BCUT2D eigenvalue weighted by atomic mass is 9.71. The van der Waals surface area contributed by atoms with Gasteiger partial charge in [0.25, 0.3) is 0 Å². The number of rotatable bonds is 5. The Morgan fingerprint density at radius 2 is 1.68 bits per heavy atom. The zero-order valence-corrected chi connectivity index (χ0v) is 18.7. The first-order chi connectivity index (χ1) is 15.2. The maximum atomic E-state index is 11.7. The van der Waals surface area contributed by atoms with E-state index in [0.29, 0.717) is 24.4 Å². The number of aromatic nitrogens is 1. The molecule has 0 atom stereocenters. The van der Waals surface area contributed by atoms with Gasteiger partial charge in [0.05, 0.1) is 6.54 Å². The van der Waals surface area contributed by atoms with Crippen LogP contribution in [0.25, 0.3) is 0 Å². The second-order valence-corrected chi connectivity index (χ2v) is 10.1. The van der Waals surface area contributed by atoms with Crippen molar-refractivity contribution in [1.82, 2.24) is 14.2 Å². The Bertz CT molecular complexity index is 874. The molecule has 0 unspecified atom stereocenters. The number of cyclic esters (lactones) is 1. The fraction of sp³-hybridized carbons (Fsp3) is 0.500. The summed E-state index contributed by atoms with van der Waals surface area (Å²) in [7, 11) is 0. The fourth-order valence-corrected chi connectivity index (χ4v) is 5.81. The molecule has 6 nitrogen and oxygen atoms in total. The normalized spacial score (nSPS) is 22.1. The highest BCUT2D eigenvalue weighted by molar-refractivity contribution is 7.97. The van der Waals surface area contributed by atoms with E-state index in [4.69, 9.17) is 4.74 Å². The molecule has 5 rings (SSSR count). The fourth-order valence-electron chi connectivity index (χ4n) is 4.92. The average molecular weight is 439 g/mol. The lowest BCUT2D eigenvalue weighted by molar-refractivity contribution is 0.0550. The zero-order valence-electron chi connectivity index (χ0n) is 17.9. The molecule has 3 saturated heterocycles. The van der Waals surface area contributed by atoms with Crippen molar-refractivity contribution < 1.29 is 9.53 Å². The maximum Gasteiger partial charge on any atom is 0.415 e. The summed E-state index contributed by atoms with van der Waals surface area (Å²) in [5.41, 5.74) is 1.95. The molecule has 0 saturated carbocycles. The summed E-state index contributed by atoms with van der Waals surface area (Å²) >= 11 is 1.79. The Kier molecular flexibility index (Phi) is 6.16. The summed E-state index contributed by atoms with van der Waals surface area (Å²) in [5.74, 6) is 0.673. The molecule has 164 valence electrons. The number of nitrogens with zero attached hydrogens (tertiary/aromatic N) is 4. The largest absolute Gasteiger partial charge is 0.447 e. The minimum absolute atomic E-state index is 0.302. The van der Waals surface area contributed by atoms with Gasteiger partial charge in [-0.1, -0.05) is 30.3 Å². The number of amides is 1. The van der Waals surface area contributed by atoms with Crippen LogP contribution in [0.15, 0.2) is 53.6 Å². The summed E-state index contributed by atoms with van der Waals surface area (Å²) in [4.78, 5) is 21.5. The van der Waals surface area contributed by atoms with Crippen molar-refractivity contribution >= 4 is 23.9 Å². The summed E-state index contributed by atoms with van der Waals surface area (Å²) in [6, 6.07) is 14.8. The molecule has 7 heteroatoms. The molecule has 0 radical (unpaired) electrons. The van der Waals surface area contributed by atoms with Crippen molar-refractivity contribution in [2.45, 2.75) is 37.1 Å². The Morgan fingerprint density at radius 1 is 0.935 bits per heavy atom.